The van der Waals surface area contributed by atoms with E-state index in [1.165, 1.54) is 30.0 Å². The molecule has 8 heteroatoms. The molecule has 1 fully saturated rings. The molecule has 1 atom stereocenters. The van der Waals surface area contributed by atoms with E-state index in [-0.39, 0.29) is 12.5 Å². The van der Waals surface area contributed by atoms with Crippen LogP contribution in [0.1, 0.15) is 31.2 Å². The maximum Gasteiger partial charge on any atom is 0.263 e. The molecule has 0 aromatic heterocycles. The van der Waals surface area contributed by atoms with Crippen molar-refractivity contribution in [3.8, 4) is 5.75 Å². The molecule has 1 aromatic carbocycles. The van der Waals surface area contributed by atoms with Crippen LogP contribution in [-0.2, 0) is 14.8 Å². The van der Waals surface area contributed by atoms with Crippen molar-refractivity contribution in [3.05, 3.63) is 23.8 Å². The minimum atomic E-state index is -3.49. The highest BCUT2D eigenvalue weighted by atomic mass is 32.2. The van der Waals surface area contributed by atoms with Crippen molar-refractivity contribution in [3.63, 3.8) is 0 Å². The lowest BCUT2D eigenvalue weighted by Crippen LogP contribution is -2.50. The van der Waals surface area contributed by atoms with Crippen LogP contribution in [0.5, 0.6) is 5.75 Å². The van der Waals surface area contributed by atoms with Gasteiger partial charge >= 0.3 is 0 Å². The summed E-state index contributed by atoms with van der Waals surface area (Å²) in [6, 6.07) is 5.32. The maximum atomic E-state index is 12.5. The third-order valence-corrected chi connectivity index (χ3v) is 7.26. The van der Waals surface area contributed by atoms with Crippen LogP contribution in [-0.4, -0.2) is 50.8 Å². The van der Waals surface area contributed by atoms with Gasteiger partial charge in [0.05, 0.1) is 18.5 Å². The van der Waals surface area contributed by atoms with Gasteiger partial charge in [0.1, 0.15) is 5.75 Å². The fourth-order valence-corrected chi connectivity index (χ4v) is 5.51. The minimum absolute atomic E-state index is 0.00348. The number of nitrogens with one attached hydrogen (secondary N) is 1. The lowest BCUT2D eigenvalue weighted by atomic mass is 10.1. The van der Waals surface area contributed by atoms with E-state index in [9.17, 15) is 13.2 Å². The van der Waals surface area contributed by atoms with Gasteiger partial charge < -0.3 is 10.1 Å². The number of thioether (sulfide) groups is 1. The van der Waals surface area contributed by atoms with E-state index in [4.69, 9.17) is 4.74 Å². The normalized spacial score (nSPS) is 20.5. The lowest BCUT2D eigenvalue weighted by Gasteiger charge is -2.34. The second kappa shape index (κ2) is 8.08. The molecular weight excluding hydrogens is 372 g/mol. The SMILES string of the molecule is Cc1ccc2c(c1)OC(C(=O)NCCSC1CCCC1)CN2S(C)(=O)=O. The Bertz CT molecular complexity index is 760. The van der Waals surface area contributed by atoms with Crippen LogP contribution in [0, 0.1) is 6.92 Å². The van der Waals surface area contributed by atoms with Crippen molar-refractivity contribution in [1.29, 1.82) is 0 Å². The number of benzene rings is 1. The van der Waals surface area contributed by atoms with Crippen molar-refractivity contribution in [2.45, 2.75) is 44.0 Å². The zero-order chi connectivity index (χ0) is 18.7. The number of ether oxygens (including phenoxy) is 1. The Hall–Kier alpha value is -1.41. The molecule has 26 heavy (non-hydrogen) atoms. The molecule has 1 heterocycles. The molecule has 2 aliphatic rings. The topological polar surface area (TPSA) is 75.7 Å². The van der Waals surface area contributed by atoms with E-state index in [2.05, 4.69) is 5.32 Å². The van der Waals surface area contributed by atoms with E-state index in [0.29, 0.717) is 23.2 Å². The van der Waals surface area contributed by atoms with Gasteiger partial charge in [0, 0.05) is 17.5 Å². The van der Waals surface area contributed by atoms with Gasteiger partial charge in [0.2, 0.25) is 10.0 Å². The Kier molecular flexibility index (Phi) is 6.02. The number of sulfonamides is 1. The van der Waals surface area contributed by atoms with Gasteiger partial charge in [-0.3, -0.25) is 9.10 Å². The van der Waals surface area contributed by atoms with Crippen LogP contribution >= 0.6 is 11.8 Å². The fourth-order valence-electron chi connectivity index (χ4n) is 3.38. The van der Waals surface area contributed by atoms with Crippen molar-refractivity contribution < 1.29 is 17.9 Å². The number of fused-ring (bicyclic) bond motifs is 1. The van der Waals surface area contributed by atoms with Gasteiger partial charge in [-0.1, -0.05) is 18.9 Å². The van der Waals surface area contributed by atoms with Gasteiger partial charge in [-0.15, -0.1) is 0 Å². The minimum Gasteiger partial charge on any atom is -0.476 e. The first-order chi connectivity index (χ1) is 12.3. The van der Waals surface area contributed by atoms with Gasteiger partial charge in [0.15, 0.2) is 6.10 Å². The van der Waals surface area contributed by atoms with Gasteiger partial charge in [-0.2, -0.15) is 11.8 Å². The summed E-state index contributed by atoms with van der Waals surface area (Å²) in [4.78, 5) is 12.5. The fraction of sp³-hybridized carbons (Fsp3) is 0.611. The molecule has 1 aromatic rings. The van der Waals surface area contributed by atoms with Gasteiger partial charge in [-0.25, -0.2) is 8.42 Å². The summed E-state index contributed by atoms with van der Waals surface area (Å²) in [6.45, 7) is 2.47. The standard InChI is InChI=1S/C18H26N2O4S2/c1-13-7-8-15-16(11-13)24-17(12-20(15)26(2,22)23)18(21)19-9-10-25-14-5-3-4-6-14/h7-8,11,14,17H,3-6,9-10,12H2,1-2H3,(H,19,21). The predicted molar refractivity (Wildman–Crippen MR) is 106 cm³/mol. The largest absolute Gasteiger partial charge is 0.476 e. The number of aryl methyl sites for hydroxylation is 1. The van der Waals surface area contributed by atoms with Gasteiger partial charge in [-0.05, 0) is 37.5 Å². The second-order valence-corrected chi connectivity index (χ2v) is 10.3. The lowest BCUT2D eigenvalue weighted by molar-refractivity contribution is -0.127. The Balaban J connectivity index is 1.61. The molecular formula is C18H26N2O4S2. The number of anilines is 1. The van der Waals surface area contributed by atoms with E-state index < -0.39 is 16.1 Å². The van der Waals surface area contributed by atoms with Crippen LogP contribution in [0.2, 0.25) is 0 Å². The number of rotatable bonds is 6. The molecule has 1 unspecified atom stereocenters. The highest BCUT2D eigenvalue weighted by Gasteiger charge is 2.34. The molecule has 1 aliphatic carbocycles. The Morgan fingerprint density at radius 3 is 2.77 bits per heavy atom. The van der Waals surface area contributed by atoms with E-state index in [1.807, 2.05) is 24.8 Å². The first kappa shape index (κ1) is 19.4. The summed E-state index contributed by atoms with van der Waals surface area (Å²) in [6.07, 6.45) is 5.46. The number of carbonyl (C=O) groups is 1. The summed E-state index contributed by atoms with van der Waals surface area (Å²) in [5.41, 5.74) is 1.44. The monoisotopic (exact) mass is 398 g/mol. The zero-order valence-electron chi connectivity index (χ0n) is 15.2. The van der Waals surface area contributed by atoms with Crippen LogP contribution in [0.3, 0.4) is 0 Å². The van der Waals surface area contributed by atoms with E-state index in [0.717, 1.165) is 17.6 Å². The summed E-state index contributed by atoms with van der Waals surface area (Å²) in [7, 11) is -3.49. The molecule has 1 aliphatic heterocycles. The second-order valence-electron chi connectivity index (χ2n) is 6.94. The first-order valence-electron chi connectivity index (χ1n) is 8.99. The average Bonchev–Trinajstić information content (AvgIpc) is 3.09. The van der Waals surface area contributed by atoms with E-state index >= 15 is 0 Å². The van der Waals surface area contributed by atoms with Crippen LogP contribution in [0.15, 0.2) is 18.2 Å². The summed E-state index contributed by atoms with van der Waals surface area (Å²) in [5, 5.41) is 3.60. The first-order valence-corrected chi connectivity index (χ1v) is 11.9. The molecule has 6 nitrogen and oxygen atoms in total. The summed E-state index contributed by atoms with van der Waals surface area (Å²) < 4.78 is 31.3. The summed E-state index contributed by atoms with van der Waals surface area (Å²) in [5.74, 6) is 1.04. The van der Waals surface area contributed by atoms with Crippen molar-refractivity contribution in [2.24, 2.45) is 0 Å². The van der Waals surface area contributed by atoms with Gasteiger partial charge in [0.25, 0.3) is 5.91 Å². The van der Waals surface area contributed by atoms with Crippen molar-refractivity contribution in [1.82, 2.24) is 5.32 Å². The molecule has 1 amide bonds. The Morgan fingerprint density at radius 1 is 1.35 bits per heavy atom. The van der Waals surface area contributed by atoms with Crippen molar-refractivity contribution >= 4 is 33.4 Å². The third kappa shape index (κ3) is 4.65. The van der Waals surface area contributed by atoms with Crippen LogP contribution in [0.4, 0.5) is 5.69 Å². The molecule has 0 bridgehead atoms. The highest BCUT2D eigenvalue weighted by molar-refractivity contribution is 7.99. The Morgan fingerprint density at radius 2 is 2.08 bits per heavy atom. The maximum absolute atomic E-state index is 12.5. The smallest absolute Gasteiger partial charge is 0.263 e. The Labute approximate surface area is 159 Å². The number of hydrogen-bond acceptors (Lipinski definition) is 5. The number of amides is 1. The predicted octanol–water partition coefficient (Wildman–Crippen LogP) is 2.31. The molecule has 0 radical (unpaired) electrons. The number of nitrogens with zero attached hydrogens (tertiary/aromatic N) is 1. The number of carbonyl (C=O) groups excluding carboxylic acids is 1. The third-order valence-electron chi connectivity index (χ3n) is 4.73. The quantitative estimate of drug-likeness (QED) is 0.744. The molecule has 0 saturated heterocycles. The van der Waals surface area contributed by atoms with E-state index in [1.54, 1.807) is 12.1 Å². The number of hydrogen-bond donors (Lipinski definition) is 1. The molecule has 144 valence electrons. The zero-order valence-corrected chi connectivity index (χ0v) is 16.9. The average molecular weight is 399 g/mol. The highest BCUT2D eigenvalue weighted by Crippen LogP contribution is 2.35. The molecule has 3 rings (SSSR count). The van der Waals surface area contributed by atoms with Crippen molar-refractivity contribution in [2.75, 3.05) is 29.4 Å². The summed E-state index contributed by atoms with van der Waals surface area (Å²) >= 11 is 1.91. The van der Waals surface area contributed by atoms with Crippen LogP contribution in [0.25, 0.3) is 0 Å². The molecule has 1 saturated carbocycles. The van der Waals surface area contributed by atoms with Crippen LogP contribution < -0.4 is 14.4 Å². The molecule has 1 N–H and O–H groups in total. The molecule has 0 spiro atoms.